The van der Waals surface area contributed by atoms with E-state index in [0.29, 0.717) is 12.1 Å². The van der Waals surface area contributed by atoms with E-state index in [0.717, 1.165) is 0 Å². The molecule has 3 nitrogen and oxygen atoms in total. The SMILES string of the molecule is CC(C)NC(C)C.O=C(O)C(Cl)Cl.[Cl-].[Na+]. The van der Waals surface area contributed by atoms with E-state index in [1.165, 1.54) is 0 Å². The first kappa shape index (κ1) is 25.2. The minimum Gasteiger partial charge on any atom is -1.00 e. The van der Waals surface area contributed by atoms with Crippen LogP contribution in [0.1, 0.15) is 27.7 Å². The van der Waals surface area contributed by atoms with Crippen molar-refractivity contribution >= 4 is 29.2 Å². The fourth-order valence-corrected chi connectivity index (χ4v) is 0.667. The molecule has 0 aliphatic heterocycles. The first-order valence-corrected chi connectivity index (χ1v) is 4.91. The predicted octanol–water partition coefficient (Wildman–Crippen LogP) is -3.72. The molecule has 0 aromatic heterocycles. The number of rotatable bonds is 3. The number of carbonyl (C=O) groups is 1. The van der Waals surface area contributed by atoms with Crippen LogP contribution in [-0.2, 0) is 4.79 Å². The Labute approximate surface area is 130 Å². The van der Waals surface area contributed by atoms with E-state index in [4.69, 9.17) is 28.3 Å². The van der Waals surface area contributed by atoms with Gasteiger partial charge >= 0.3 is 35.5 Å². The third kappa shape index (κ3) is 31.3. The number of alkyl halides is 2. The van der Waals surface area contributed by atoms with Crippen molar-refractivity contribution in [3.63, 3.8) is 0 Å². The summed E-state index contributed by atoms with van der Waals surface area (Å²) in [5.74, 6) is -1.21. The average molecular weight is 289 g/mol. The van der Waals surface area contributed by atoms with Gasteiger partial charge in [0.05, 0.1) is 0 Å². The van der Waals surface area contributed by atoms with Gasteiger partial charge in [0, 0.05) is 12.1 Å². The molecule has 88 valence electrons. The zero-order valence-corrected chi connectivity index (χ0v) is 14.0. The first-order chi connectivity index (χ1) is 5.77. The number of carboxylic acids is 1. The molecular weight excluding hydrogens is 271 g/mol. The van der Waals surface area contributed by atoms with Crippen molar-refractivity contribution in [2.75, 3.05) is 0 Å². The van der Waals surface area contributed by atoms with Crippen LogP contribution in [0.25, 0.3) is 0 Å². The Kier molecular flexibility index (Phi) is 25.7. The molecule has 0 saturated carbocycles. The molecule has 0 atom stereocenters. The third-order valence-corrected chi connectivity index (χ3v) is 1.23. The van der Waals surface area contributed by atoms with Crippen molar-refractivity contribution in [3.05, 3.63) is 0 Å². The summed E-state index contributed by atoms with van der Waals surface area (Å²) in [6, 6.07) is 1.25. The molecule has 0 amide bonds. The van der Waals surface area contributed by atoms with Crippen molar-refractivity contribution in [1.82, 2.24) is 5.32 Å². The Morgan fingerprint density at radius 3 is 1.33 bits per heavy atom. The predicted molar refractivity (Wildman–Crippen MR) is 56.5 cm³/mol. The quantitative estimate of drug-likeness (QED) is 0.415. The van der Waals surface area contributed by atoms with E-state index in [1.807, 2.05) is 0 Å². The monoisotopic (exact) mass is 287 g/mol. The summed E-state index contributed by atoms with van der Waals surface area (Å²) in [6.07, 6.45) is 0. The van der Waals surface area contributed by atoms with Crippen LogP contribution in [0.4, 0.5) is 0 Å². The number of hydrogen-bond donors (Lipinski definition) is 2. The number of nitrogens with one attached hydrogen (secondary N) is 1. The van der Waals surface area contributed by atoms with Crippen molar-refractivity contribution in [3.8, 4) is 0 Å². The zero-order chi connectivity index (χ0) is 11.0. The molecule has 2 N–H and O–H groups in total. The molecule has 0 aromatic carbocycles. The van der Waals surface area contributed by atoms with E-state index in [9.17, 15) is 4.79 Å². The van der Waals surface area contributed by atoms with Gasteiger partial charge in [-0.25, -0.2) is 4.79 Å². The molecule has 0 radical (unpaired) electrons. The molecule has 0 aliphatic rings. The maximum absolute atomic E-state index is 9.44. The van der Waals surface area contributed by atoms with Gasteiger partial charge in [-0.3, -0.25) is 0 Å². The molecule has 0 unspecified atom stereocenters. The van der Waals surface area contributed by atoms with Gasteiger partial charge in [-0.05, 0) is 0 Å². The fourth-order valence-electron chi connectivity index (χ4n) is 0.667. The van der Waals surface area contributed by atoms with Crippen LogP contribution in [0.2, 0.25) is 0 Å². The number of hydrogen-bond acceptors (Lipinski definition) is 2. The molecule has 0 spiro atoms. The van der Waals surface area contributed by atoms with Gasteiger partial charge in [-0.15, -0.1) is 0 Å². The van der Waals surface area contributed by atoms with Crippen LogP contribution in [0.15, 0.2) is 0 Å². The summed E-state index contributed by atoms with van der Waals surface area (Å²) in [5, 5.41) is 11.0. The summed E-state index contributed by atoms with van der Waals surface area (Å²) in [4.78, 5) is 8.15. The number of halogens is 3. The Morgan fingerprint density at radius 1 is 1.13 bits per heavy atom. The Morgan fingerprint density at radius 2 is 1.33 bits per heavy atom. The molecule has 0 fully saturated rings. The summed E-state index contributed by atoms with van der Waals surface area (Å²) >= 11 is 9.56. The third-order valence-electron chi connectivity index (χ3n) is 0.853. The average Bonchev–Trinajstić information content (AvgIpc) is 1.84. The van der Waals surface area contributed by atoms with E-state index < -0.39 is 10.8 Å². The topological polar surface area (TPSA) is 49.3 Å². The van der Waals surface area contributed by atoms with Gasteiger partial charge in [-0.1, -0.05) is 50.9 Å². The maximum atomic E-state index is 9.44. The Balaban J connectivity index is -0.0000000718. The Bertz CT molecular complexity index is 140. The fraction of sp³-hybridized carbons (Fsp3) is 0.875. The zero-order valence-electron chi connectivity index (χ0n) is 9.72. The standard InChI is InChI=1S/C6H15N.C2H2Cl2O2.ClH.Na/c1-5(2)7-6(3)4;3-1(4)2(5)6;;/h5-7H,1-4H3;1H,(H,5,6);1H;/q;;;+1/p-1. The molecule has 7 heteroatoms. The van der Waals surface area contributed by atoms with Crippen LogP contribution >= 0.6 is 23.2 Å². The number of carboxylic acid groups (broad SMARTS) is 1. The van der Waals surface area contributed by atoms with E-state index in [-0.39, 0.29) is 42.0 Å². The second-order valence-corrected chi connectivity index (χ2v) is 4.21. The van der Waals surface area contributed by atoms with Crippen molar-refractivity contribution in [2.24, 2.45) is 0 Å². The second-order valence-electron chi connectivity index (χ2n) is 3.12. The van der Waals surface area contributed by atoms with Crippen LogP contribution in [0.3, 0.4) is 0 Å². The smallest absolute Gasteiger partial charge is 1.00 e. The van der Waals surface area contributed by atoms with Gasteiger partial charge in [0.15, 0.2) is 0 Å². The molecular formula is C8H17Cl3NNaO2. The van der Waals surface area contributed by atoms with Crippen molar-refractivity contribution in [2.45, 2.75) is 44.6 Å². The number of aliphatic carboxylic acids is 1. The molecule has 0 heterocycles. The molecule has 15 heavy (non-hydrogen) atoms. The van der Waals surface area contributed by atoms with Crippen LogP contribution in [0.5, 0.6) is 0 Å². The van der Waals surface area contributed by atoms with Gasteiger partial charge < -0.3 is 22.8 Å². The van der Waals surface area contributed by atoms with E-state index >= 15 is 0 Å². The summed E-state index contributed by atoms with van der Waals surface area (Å²) in [7, 11) is 0. The van der Waals surface area contributed by atoms with Gasteiger partial charge in [0.1, 0.15) is 0 Å². The summed E-state index contributed by atoms with van der Waals surface area (Å²) in [5.41, 5.74) is 0. The largest absolute Gasteiger partial charge is 1.00 e. The molecule has 0 aromatic rings. The van der Waals surface area contributed by atoms with Crippen LogP contribution in [-0.4, -0.2) is 28.0 Å². The minimum atomic E-state index is -1.29. The molecule has 0 bridgehead atoms. The van der Waals surface area contributed by atoms with Crippen molar-refractivity contribution in [1.29, 1.82) is 0 Å². The first-order valence-electron chi connectivity index (χ1n) is 4.04. The molecule has 0 saturated heterocycles. The Hall–Kier alpha value is 1.30. The van der Waals surface area contributed by atoms with Gasteiger partial charge in [-0.2, -0.15) is 0 Å². The normalized spacial score (nSPS) is 8.87. The second kappa shape index (κ2) is 15.3. The van der Waals surface area contributed by atoms with Crippen LogP contribution in [0, 0.1) is 0 Å². The minimum absolute atomic E-state index is 0. The van der Waals surface area contributed by atoms with Gasteiger partial charge in [0.2, 0.25) is 4.84 Å². The summed E-state index contributed by atoms with van der Waals surface area (Å²) < 4.78 is 0. The molecule has 0 rings (SSSR count). The molecule has 0 aliphatic carbocycles. The van der Waals surface area contributed by atoms with Gasteiger partial charge in [0.25, 0.3) is 0 Å². The van der Waals surface area contributed by atoms with Crippen LogP contribution < -0.4 is 47.3 Å². The van der Waals surface area contributed by atoms with Crippen molar-refractivity contribution < 1.29 is 51.9 Å². The van der Waals surface area contributed by atoms with E-state index in [2.05, 4.69) is 33.0 Å². The maximum Gasteiger partial charge on any atom is 1.00 e. The van der Waals surface area contributed by atoms with E-state index in [1.54, 1.807) is 0 Å². The summed E-state index contributed by atoms with van der Waals surface area (Å²) in [6.45, 7) is 8.61.